The fourth-order valence-electron chi connectivity index (χ4n) is 2.61. The van der Waals surface area contributed by atoms with Gasteiger partial charge >= 0.3 is 5.97 Å². The Morgan fingerprint density at radius 3 is 2.62 bits per heavy atom. The molecule has 0 spiro atoms. The van der Waals surface area contributed by atoms with E-state index in [1.165, 1.54) is 12.7 Å². The number of methoxy groups -OCH3 is 1. The molecule has 0 amide bonds. The Morgan fingerprint density at radius 2 is 1.92 bits per heavy atom. The molecule has 3 rings (SSSR count). The van der Waals surface area contributed by atoms with Crippen LogP contribution in [-0.4, -0.2) is 59.5 Å². The van der Waals surface area contributed by atoms with E-state index in [-0.39, 0.29) is 6.61 Å². The van der Waals surface area contributed by atoms with Crippen molar-refractivity contribution >= 4 is 23.5 Å². The van der Waals surface area contributed by atoms with Crippen LogP contribution in [0.4, 0.5) is 5.82 Å². The first-order chi connectivity index (χ1) is 11.8. The number of carbonyl (C=O) groups is 1. The van der Waals surface area contributed by atoms with Gasteiger partial charge < -0.3 is 14.4 Å². The molecule has 1 aromatic heterocycles. The van der Waals surface area contributed by atoms with Gasteiger partial charge in [-0.05, 0) is 5.56 Å². The Kier molecular flexibility index (Phi) is 5.60. The lowest BCUT2D eigenvalue weighted by atomic mass is 10.2. The Balaban J connectivity index is 1.53. The number of rotatable bonds is 6. The Morgan fingerprint density at radius 1 is 1.17 bits per heavy atom. The van der Waals surface area contributed by atoms with Crippen LogP contribution < -0.4 is 9.64 Å². The van der Waals surface area contributed by atoms with E-state index in [0.717, 1.165) is 44.5 Å². The predicted molar refractivity (Wildman–Crippen MR) is 91.4 cm³/mol. The van der Waals surface area contributed by atoms with Gasteiger partial charge in [0.05, 0.1) is 18.8 Å². The summed E-state index contributed by atoms with van der Waals surface area (Å²) in [6.07, 6.45) is 0. The van der Waals surface area contributed by atoms with Crippen molar-refractivity contribution in [1.82, 2.24) is 13.6 Å². The number of hydrogen-bond donors (Lipinski definition) is 0. The van der Waals surface area contributed by atoms with Crippen LogP contribution in [0, 0.1) is 0 Å². The van der Waals surface area contributed by atoms with Gasteiger partial charge in [-0.3, -0.25) is 4.90 Å². The van der Waals surface area contributed by atoms with Crippen molar-refractivity contribution in [3.63, 3.8) is 0 Å². The molecule has 2 aromatic rings. The van der Waals surface area contributed by atoms with E-state index in [0.29, 0.717) is 11.7 Å². The molecular formula is C16H20N4O3S. The maximum absolute atomic E-state index is 11.2. The van der Waals surface area contributed by atoms with Crippen LogP contribution in [0.25, 0.3) is 0 Å². The standard InChI is InChI=1S/C16H20N4O3S/c1-22-14(21)12-23-16-15(17-24-18-16)20-9-7-19(8-10-20)11-13-5-3-2-4-6-13/h2-6H,7-12H2,1H3. The van der Waals surface area contributed by atoms with E-state index in [9.17, 15) is 4.79 Å². The number of nitrogens with zero attached hydrogens (tertiary/aromatic N) is 4. The van der Waals surface area contributed by atoms with Gasteiger partial charge in [0.25, 0.3) is 5.88 Å². The number of esters is 1. The third-order valence-electron chi connectivity index (χ3n) is 3.92. The van der Waals surface area contributed by atoms with Gasteiger partial charge in [-0.25, -0.2) is 4.79 Å². The smallest absolute Gasteiger partial charge is 0.343 e. The lowest BCUT2D eigenvalue weighted by Crippen LogP contribution is -2.46. The molecule has 7 nitrogen and oxygen atoms in total. The van der Waals surface area contributed by atoms with E-state index in [1.54, 1.807) is 0 Å². The highest BCUT2D eigenvalue weighted by Crippen LogP contribution is 2.26. The molecule has 1 aliphatic rings. The van der Waals surface area contributed by atoms with Crippen molar-refractivity contribution < 1.29 is 14.3 Å². The van der Waals surface area contributed by atoms with Crippen LogP contribution >= 0.6 is 11.7 Å². The molecular weight excluding hydrogens is 328 g/mol. The van der Waals surface area contributed by atoms with Crippen molar-refractivity contribution in [3.05, 3.63) is 35.9 Å². The summed E-state index contributed by atoms with van der Waals surface area (Å²) in [5, 5.41) is 0. The molecule has 0 saturated carbocycles. The summed E-state index contributed by atoms with van der Waals surface area (Å²) in [6, 6.07) is 10.5. The minimum Gasteiger partial charge on any atom is -0.466 e. The first kappa shape index (κ1) is 16.7. The minimum absolute atomic E-state index is 0.150. The fourth-order valence-corrected chi connectivity index (χ4v) is 3.13. The van der Waals surface area contributed by atoms with Crippen LogP contribution in [-0.2, 0) is 16.1 Å². The summed E-state index contributed by atoms with van der Waals surface area (Å²) >= 11 is 1.09. The average molecular weight is 348 g/mol. The van der Waals surface area contributed by atoms with Crippen molar-refractivity contribution in [2.75, 3.05) is 44.8 Å². The van der Waals surface area contributed by atoms with Gasteiger partial charge in [0.1, 0.15) is 0 Å². The summed E-state index contributed by atoms with van der Waals surface area (Å²) in [4.78, 5) is 15.8. The van der Waals surface area contributed by atoms with Crippen LogP contribution in [0.1, 0.15) is 5.56 Å². The van der Waals surface area contributed by atoms with E-state index >= 15 is 0 Å². The number of anilines is 1. The number of benzene rings is 1. The first-order valence-electron chi connectivity index (χ1n) is 7.79. The van der Waals surface area contributed by atoms with E-state index in [4.69, 9.17) is 4.74 Å². The molecule has 1 aromatic carbocycles. The molecule has 1 fully saturated rings. The summed E-state index contributed by atoms with van der Waals surface area (Å²) in [5.74, 6) is 0.687. The number of aromatic nitrogens is 2. The molecule has 0 atom stereocenters. The van der Waals surface area contributed by atoms with Crippen molar-refractivity contribution in [2.24, 2.45) is 0 Å². The Bertz CT molecular complexity index is 656. The molecule has 1 aliphatic heterocycles. The molecule has 0 radical (unpaired) electrons. The van der Waals surface area contributed by atoms with E-state index in [2.05, 4.69) is 47.5 Å². The van der Waals surface area contributed by atoms with Crippen LogP contribution in [0.5, 0.6) is 5.88 Å². The zero-order valence-electron chi connectivity index (χ0n) is 13.6. The third-order valence-corrected chi connectivity index (χ3v) is 4.42. The monoisotopic (exact) mass is 348 g/mol. The zero-order valence-corrected chi connectivity index (χ0v) is 14.4. The molecule has 0 unspecified atom stereocenters. The lowest BCUT2D eigenvalue weighted by molar-refractivity contribution is -0.142. The molecule has 1 saturated heterocycles. The van der Waals surface area contributed by atoms with Crippen molar-refractivity contribution in [2.45, 2.75) is 6.54 Å². The van der Waals surface area contributed by atoms with E-state index in [1.807, 2.05) is 6.07 Å². The van der Waals surface area contributed by atoms with Gasteiger partial charge in [-0.1, -0.05) is 30.3 Å². The number of carbonyl (C=O) groups excluding carboxylic acids is 1. The topological polar surface area (TPSA) is 67.8 Å². The highest BCUT2D eigenvalue weighted by molar-refractivity contribution is 6.99. The summed E-state index contributed by atoms with van der Waals surface area (Å²) < 4.78 is 18.4. The lowest BCUT2D eigenvalue weighted by Gasteiger charge is -2.34. The second-order valence-electron chi connectivity index (χ2n) is 5.51. The van der Waals surface area contributed by atoms with Gasteiger partial charge in [-0.15, -0.1) is 4.37 Å². The van der Waals surface area contributed by atoms with Crippen LogP contribution in [0.3, 0.4) is 0 Å². The number of hydrogen-bond acceptors (Lipinski definition) is 8. The maximum atomic E-state index is 11.2. The van der Waals surface area contributed by atoms with Gasteiger partial charge in [-0.2, -0.15) is 4.37 Å². The number of piperazine rings is 1. The van der Waals surface area contributed by atoms with Crippen molar-refractivity contribution in [1.29, 1.82) is 0 Å². The zero-order chi connectivity index (χ0) is 16.8. The van der Waals surface area contributed by atoms with Crippen LogP contribution in [0.2, 0.25) is 0 Å². The Hall–Kier alpha value is -2.19. The van der Waals surface area contributed by atoms with E-state index < -0.39 is 5.97 Å². The SMILES string of the molecule is COC(=O)COc1nsnc1N1CCN(Cc2ccccc2)CC1. The second-order valence-corrected chi connectivity index (χ2v) is 6.04. The molecule has 0 aliphatic carbocycles. The average Bonchev–Trinajstić information content (AvgIpc) is 3.10. The molecule has 128 valence electrons. The van der Waals surface area contributed by atoms with Crippen molar-refractivity contribution in [3.8, 4) is 5.88 Å². The van der Waals surface area contributed by atoms with Gasteiger partial charge in [0.15, 0.2) is 6.61 Å². The highest BCUT2D eigenvalue weighted by Gasteiger charge is 2.23. The minimum atomic E-state index is -0.429. The van der Waals surface area contributed by atoms with Gasteiger partial charge in [0, 0.05) is 32.7 Å². The maximum Gasteiger partial charge on any atom is 0.343 e. The Labute approximate surface area is 145 Å². The molecule has 24 heavy (non-hydrogen) atoms. The second kappa shape index (κ2) is 8.07. The first-order valence-corrected chi connectivity index (χ1v) is 8.52. The fraction of sp³-hybridized carbons (Fsp3) is 0.438. The third kappa shape index (κ3) is 4.21. The molecule has 0 bridgehead atoms. The highest BCUT2D eigenvalue weighted by atomic mass is 32.1. The summed E-state index contributed by atoms with van der Waals surface area (Å²) in [7, 11) is 1.33. The summed E-state index contributed by atoms with van der Waals surface area (Å²) in [6.45, 7) is 4.41. The number of ether oxygens (including phenoxy) is 2. The van der Waals surface area contributed by atoms with Gasteiger partial charge in [0.2, 0.25) is 5.82 Å². The normalized spacial score (nSPS) is 15.3. The molecule has 2 heterocycles. The molecule has 8 heteroatoms. The largest absolute Gasteiger partial charge is 0.466 e. The molecule has 0 N–H and O–H groups in total. The quantitative estimate of drug-likeness (QED) is 0.731. The summed E-state index contributed by atoms with van der Waals surface area (Å²) in [5.41, 5.74) is 1.32. The van der Waals surface area contributed by atoms with Crippen LogP contribution in [0.15, 0.2) is 30.3 Å². The predicted octanol–water partition coefficient (Wildman–Crippen LogP) is 1.41.